The molecular weight excluding hydrogens is 352 g/mol. The molecule has 0 radical (unpaired) electrons. The van der Waals surface area contributed by atoms with Gasteiger partial charge in [0.1, 0.15) is 5.54 Å². The molecule has 1 aliphatic rings. The van der Waals surface area contributed by atoms with Crippen molar-refractivity contribution in [3.05, 3.63) is 29.3 Å². The average Bonchev–Trinajstić information content (AvgIpc) is 2.80. The van der Waals surface area contributed by atoms with Crippen LogP contribution >= 0.6 is 11.6 Å². The predicted molar refractivity (Wildman–Crippen MR) is 102 cm³/mol. The van der Waals surface area contributed by atoms with Gasteiger partial charge < -0.3 is 10.6 Å². The fourth-order valence-corrected chi connectivity index (χ4v) is 3.41. The Morgan fingerprint density at radius 1 is 1.19 bits per heavy atom. The van der Waals surface area contributed by atoms with Gasteiger partial charge in [-0.15, -0.1) is 0 Å². The molecule has 26 heavy (non-hydrogen) atoms. The predicted octanol–water partition coefficient (Wildman–Crippen LogP) is 2.94. The van der Waals surface area contributed by atoms with Crippen LogP contribution < -0.4 is 10.6 Å². The van der Waals surface area contributed by atoms with Crippen molar-refractivity contribution < 1.29 is 9.59 Å². The van der Waals surface area contributed by atoms with E-state index in [4.69, 9.17) is 11.6 Å². The van der Waals surface area contributed by atoms with Crippen molar-refractivity contribution in [1.29, 1.82) is 5.26 Å². The van der Waals surface area contributed by atoms with E-state index >= 15 is 0 Å². The van der Waals surface area contributed by atoms with Crippen molar-refractivity contribution in [3.8, 4) is 6.07 Å². The highest BCUT2D eigenvalue weighted by molar-refractivity contribution is 6.30. The van der Waals surface area contributed by atoms with Crippen molar-refractivity contribution in [2.45, 2.75) is 44.1 Å². The van der Waals surface area contributed by atoms with E-state index in [0.717, 1.165) is 25.7 Å². The Morgan fingerprint density at radius 3 is 2.46 bits per heavy atom. The first-order valence-electron chi connectivity index (χ1n) is 8.89. The number of nitrogens with zero attached hydrogens (tertiary/aromatic N) is 2. The minimum absolute atomic E-state index is 0.0619. The lowest BCUT2D eigenvalue weighted by molar-refractivity contribution is -0.124. The Kier molecular flexibility index (Phi) is 7.43. The molecule has 0 unspecified atom stereocenters. The number of carbonyl (C=O) groups is 2. The monoisotopic (exact) mass is 376 g/mol. The van der Waals surface area contributed by atoms with E-state index in [9.17, 15) is 14.9 Å². The van der Waals surface area contributed by atoms with E-state index in [1.54, 1.807) is 36.2 Å². The van der Waals surface area contributed by atoms with Crippen LogP contribution in [0.25, 0.3) is 0 Å². The summed E-state index contributed by atoms with van der Waals surface area (Å²) in [7, 11) is 1.70. The Hall–Kier alpha value is -2.10. The third kappa shape index (κ3) is 6.32. The molecule has 1 saturated carbocycles. The minimum atomic E-state index is -0.766. The first-order chi connectivity index (χ1) is 12.4. The highest BCUT2D eigenvalue weighted by atomic mass is 35.5. The van der Waals surface area contributed by atoms with Crippen LogP contribution in [0.4, 0.5) is 5.69 Å². The van der Waals surface area contributed by atoms with E-state index in [0.29, 0.717) is 23.6 Å². The van der Waals surface area contributed by atoms with Crippen LogP contribution in [0.5, 0.6) is 0 Å². The molecule has 0 saturated heterocycles. The smallest absolute Gasteiger partial charge is 0.238 e. The standard InChI is InChI=1S/C19H25ClN4O2/c1-24(12-17(25)22-16-8-6-7-15(20)11-16)13-18(26)23-19(14-21)9-4-2-3-5-10-19/h6-8,11H,2-5,9-10,12-13H2,1H3,(H,22,25)(H,23,26). The number of carbonyl (C=O) groups excluding carboxylic acids is 2. The molecule has 0 atom stereocenters. The van der Waals surface area contributed by atoms with Gasteiger partial charge in [0.05, 0.1) is 19.2 Å². The number of anilines is 1. The second kappa shape index (κ2) is 9.56. The molecule has 2 N–H and O–H groups in total. The molecule has 6 nitrogen and oxygen atoms in total. The van der Waals surface area contributed by atoms with Gasteiger partial charge in [0.25, 0.3) is 0 Å². The molecule has 0 aromatic heterocycles. The van der Waals surface area contributed by atoms with E-state index < -0.39 is 5.54 Å². The fraction of sp³-hybridized carbons (Fsp3) is 0.526. The van der Waals surface area contributed by atoms with Gasteiger partial charge >= 0.3 is 0 Å². The van der Waals surface area contributed by atoms with Crippen LogP contribution in [-0.2, 0) is 9.59 Å². The third-order valence-electron chi connectivity index (χ3n) is 4.49. The third-order valence-corrected chi connectivity index (χ3v) is 4.72. The number of hydrogen-bond acceptors (Lipinski definition) is 4. The Bertz CT molecular complexity index is 678. The first kappa shape index (κ1) is 20.2. The number of likely N-dealkylation sites (N-methyl/N-ethyl adjacent to an activating group) is 1. The van der Waals surface area contributed by atoms with Crippen LogP contribution in [0, 0.1) is 11.3 Å². The summed E-state index contributed by atoms with van der Waals surface area (Å²) >= 11 is 5.89. The van der Waals surface area contributed by atoms with Gasteiger partial charge in [-0.25, -0.2) is 0 Å². The van der Waals surface area contributed by atoms with Crippen molar-refractivity contribution >= 4 is 29.1 Å². The molecule has 1 aliphatic carbocycles. The molecule has 1 aromatic carbocycles. The summed E-state index contributed by atoms with van der Waals surface area (Å²) in [6.07, 6.45) is 5.48. The zero-order valence-corrected chi connectivity index (χ0v) is 15.8. The van der Waals surface area contributed by atoms with E-state index in [2.05, 4.69) is 16.7 Å². The molecule has 0 aliphatic heterocycles. The second-order valence-electron chi connectivity index (χ2n) is 6.89. The Balaban J connectivity index is 1.82. The normalized spacial score (nSPS) is 16.4. The largest absolute Gasteiger partial charge is 0.337 e. The lowest BCUT2D eigenvalue weighted by atomic mass is 9.92. The number of amides is 2. The van der Waals surface area contributed by atoms with Crippen LogP contribution in [0.15, 0.2) is 24.3 Å². The molecule has 2 amide bonds. The highest BCUT2D eigenvalue weighted by Gasteiger charge is 2.32. The molecule has 0 spiro atoms. The van der Waals surface area contributed by atoms with Crippen LogP contribution in [0.2, 0.25) is 5.02 Å². The number of rotatable bonds is 6. The zero-order chi connectivity index (χ0) is 19.0. The van der Waals surface area contributed by atoms with Gasteiger partial charge in [-0.2, -0.15) is 5.26 Å². The van der Waals surface area contributed by atoms with Gasteiger partial charge in [-0.3, -0.25) is 14.5 Å². The van der Waals surface area contributed by atoms with E-state index in [-0.39, 0.29) is 24.9 Å². The fourth-order valence-electron chi connectivity index (χ4n) is 3.22. The van der Waals surface area contributed by atoms with Gasteiger partial charge in [0, 0.05) is 10.7 Å². The van der Waals surface area contributed by atoms with Crippen molar-refractivity contribution in [1.82, 2.24) is 10.2 Å². The Labute approximate surface area is 159 Å². The number of benzene rings is 1. The molecule has 1 aromatic rings. The summed E-state index contributed by atoms with van der Waals surface area (Å²) in [6, 6.07) is 9.19. The molecule has 7 heteroatoms. The summed E-state index contributed by atoms with van der Waals surface area (Å²) < 4.78 is 0. The minimum Gasteiger partial charge on any atom is -0.337 e. The highest BCUT2D eigenvalue weighted by Crippen LogP contribution is 2.26. The second-order valence-corrected chi connectivity index (χ2v) is 7.32. The van der Waals surface area contributed by atoms with Crippen LogP contribution in [0.1, 0.15) is 38.5 Å². The van der Waals surface area contributed by atoms with Crippen LogP contribution in [-0.4, -0.2) is 42.4 Å². The number of nitrogens with one attached hydrogen (secondary N) is 2. The summed E-state index contributed by atoms with van der Waals surface area (Å²) in [5.41, 5.74) is -0.153. The zero-order valence-electron chi connectivity index (χ0n) is 15.1. The average molecular weight is 377 g/mol. The molecule has 1 fully saturated rings. The maximum absolute atomic E-state index is 12.3. The topological polar surface area (TPSA) is 85.2 Å². The molecular formula is C19H25ClN4O2. The van der Waals surface area contributed by atoms with Crippen molar-refractivity contribution in [2.24, 2.45) is 0 Å². The van der Waals surface area contributed by atoms with E-state index in [1.807, 2.05) is 0 Å². The molecule has 2 rings (SSSR count). The lowest BCUT2D eigenvalue weighted by Gasteiger charge is -2.27. The maximum Gasteiger partial charge on any atom is 0.238 e. The summed E-state index contributed by atoms with van der Waals surface area (Å²) in [4.78, 5) is 26.0. The van der Waals surface area contributed by atoms with Crippen molar-refractivity contribution in [3.63, 3.8) is 0 Å². The summed E-state index contributed by atoms with van der Waals surface area (Å²) in [5, 5.41) is 15.7. The summed E-state index contributed by atoms with van der Waals surface area (Å²) in [6.45, 7) is 0.131. The first-order valence-corrected chi connectivity index (χ1v) is 9.26. The number of halogens is 1. The van der Waals surface area contributed by atoms with E-state index in [1.165, 1.54) is 0 Å². The van der Waals surface area contributed by atoms with Gasteiger partial charge in [-0.1, -0.05) is 43.4 Å². The van der Waals surface area contributed by atoms with Crippen molar-refractivity contribution in [2.75, 3.05) is 25.5 Å². The quantitative estimate of drug-likeness (QED) is 0.747. The van der Waals surface area contributed by atoms with Gasteiger partial charge in [0.15, 0.2) is 0 Å². The number of nitriles is 1. The van der Waals surface area contributed by atoms with Gasteiger partial charge in [0.2, 0.25) is 11.8 Å². The molecule has 0 bridgehead atoms. The Morgan fingerprint density at radius 2 is 1.85 bits per heavy atom. The summed E-state index contributed by atoms with van der Waals surface area (Å²) in [5.74, 6) is -0.460. The lowest BCUT2D eigenvalue weighted by Crippen LogP contribution is -2.50. The number of hydrogen-bond donors (Lipinski definition) is 2. The van der Waals surface area contributed by atoms with Crippen LogP contribution in [0.3, 0.4) is 0 Å². The SMILES string of the molecule is CN(CC(=O)Nc1cccc(Cl)c1)CC(=O)NC1(C#N)CCCCCC1. The molecule has 0 heterocycles. The molecule has 140 valence electrons. The maximum atomic E-state index is 12.3. The van der Waals surface area contributed by atoms with Gasteiger partial charge in [-0.05, 0) is 38.1 Å².